The Morgan fingerprint density at radius 2 is 0.897 bits per heavy atom. The summed E-state index contributed by atoms with van der Waals surface area (Å²) < 4.78 is 12.8. The van der Waals surface area contributed by atoms with Crippen LogP contribution in [-0.4, -0.2) is 15.8 Å². The average molecular weight is 517 g/mol. The third kappa shape index (κ3) is 4.52. The molecule has 6 rings (SSSR count). The van der Waals surface area contributed by atoms with Crippen LogP contribution in [0.2, 0.25) is 0 Å². The molecule has 5 aromatic rings. The molecule has 0 atom stereocenters. The fourth-order valence-corrected chi connectivity index (χ4v) is 5.25. The molecule has 0 bridgehead atoms. The van der Waals surface area contributed by atoms with Gasteiger partial charge in [0.25, 0.3) is 0 Å². The zero-order valence-electron chi connectivity index (χ0n) is 24.1. The number of hydrogen-bond donors (Lipinski definition) is 0. The summed E-state index contributed by atoms with van der Waals surface area (Å²) in [6.07, 6.45) is 3.87. The zero-order valence-corrected chi connectivity index (χ0v) is 24.1. The Balaban J connectivity index is 1.50. The predicted octanol–water partition coefficient (Wildman–Crippen LogP) is 9.22. The standard InChI is InChI=1S/C35H36N2O2/c1-33(2,3)25-13-9-21(10-14-25)23-17-27-29(36-19-23)30-28(32-31(27)38-35(7,8)39-32)18-24(20-37-30)22-11-15-26(16-12-22)34(4,5)6/h9-20H,1-8H3. The first-order chi connectivity index (χ1) is 18.3. The molecule has 0 saturated carbocycles. The molecule has 0 fully saturated rings. The van der Waals surface area contributed by atoms with Gasteiger partial charge in [-0.25, -0.2) is 0 Å². The van der Waals surface area contributed by atoms with Crippen LogP contribution in [0.25, 0.3) is 44.1 Å². The monoisotopic (exact) mass is 516 g/mol. The zero-order chi connectivity index (χ0) is 27.7. The van der Waals surface area contributed by atoms with Gasteiger partial charge in [-0.3, -0.25) is 9.97 Å². The maximum absolute atomic E-state index is 6.38. The highest BCUT2D eigenvalue weighted by Gasteiger charge is 2.36. The fraction of sp³-hybridized carbons (Fsp3) is 0.314. The molecule has 0 aliphatic carbocycles. The lowest BCUT2D eigenvalue weighted by atomic mass is 9.86. The van der Waals surface area contributed by atoms with Crippen LogP contribution in [-0.2, 0) is 10.8 Å². The Hall–Kier alpha value is -3.92. The van der Waals surface area contributed by atoms with Crippen molar-refractivity contribution in [3.8, 4) is 33.8 Å². The van der Waals surface area contributed by atoms with Crippen molar-refractivity contribution < 1.29 is 9.47 Å². The summed E-state index contributed by atoms with van der Waals surface area (Å²) in [5, 5.41) is 1.82. The summed E-state index contributed by atoms with van der Waals surface area (Å²) in [4.78, 5) is 9.85. The van der Waals surface area contributed by atoms with Crippen LogP contribution in [0.3, 0.4) is 0 Å². The molecule has 0 spiro atoms. The van der Waals surface area contributed by atoms with Crippen LogP contribution in [0, 0.1) is 0 Å². The molecule has 198 valence electrons. The number of rotatable bonds is 2. The quantitative estimate of drug-likeness (QED) is 0.219. The molecule has 1 aliphatic heterocycles. The molecule has 0 radical (unpaired) electrons. The number of benzene rings is 3. The van der Waals surface area contributed by atoms with Gasteiger partial charge in [0.05, 0.1) is 0 Å². The number of nitrogens with zero attached hydrogens (tertiary/aromatic N) is 2. The highest BCUT2D eigenvalue weighted by Crippen LogP contribution is 2.50. The topological polar surface area (TPSA) is 44.2 Å². The normalized spacial score (nSPS) is 14.8. The number of aromatic nitrogens is 2. The van der Waals surface area contributed by atoms with Crippen molar-refractivity contribution in [2.45, 2.75) is 72.0 Å². The maximum Gasteiger partial charge on any atom is 0.246 e. The third-order valence-corrected chi connectivity index (χ3v) is 7.56. The maximum atomic E-state index is 6.38. The molecule has 4 nitrogen and oxygen atoms in total. The largest absolute Gasteiger partial charge is 0.448 e. The third-order valence-electron chi connectivity index (χ3n) is 7.56. The van der Waals surface area contributed by atoms with Gasteiger partial charge in [0.2, 0.25) is 5.79 Å². The highest BCUT2D eigenvalue weighted by molar-refractivity contribution is 6.11. The molecule has 0 N–H and O–H groups in total. The Morgan fingerprint density at radius 3 is 1.23 bits per heavy atom. The molecule has 4 heteroatoms. The second-order valence-electron chi connectivity index (χ2n) is 13.2. The molecule has 3 aromatic carbocycles. The summed E-state index contributed by atoms with van der Waals surface area (Å²) in [6.45, 7) is 17.3. The number of fused-ring (bicyclic) bond motifs is 6. The number of pyridine rings is 2. The first kappa shape index (κ1) is 25.4. The van der Waals surface area contributed by atoms with E-state index in [1.54, 1.807) is 0 Å². The van der Waals surface area contributed by atoms with Crippen molar-refractivity contribution in [2.24, 2.45) is 0 Å². The second kappa shape index (κ2) is 8.54. The van der Waals surface area contributed by atoms with E-state index >= 15 is 0 Å². The summed E-state index contributed by atoms with van der Waals surface area (Å²) >= 11 is 0. The first-order valence-electron chi connectivity index (χ1n) is 13.7. The van der Waals surface area contributed by atoms with Crippen molar-refractivity contribution in [1.82, 2.24) is 9.97 Å². The average Bonchev–Trinajstić information content (AvgIpc) is 3.23. The lowest BCUT2D eigenvalue weighted by Crippen LogP contribution is -2.29. The van der Waals surface area contributed by atoms with Crippen LogP contribution in [0.15, 0.2) is 73.1 Å². The Morgan fingerprint density at radius 1 is 0.538 bits per heavy atom. The van der Waals surface area contributed by atoms with E-state index in [0.29, 0.717) is 0 Å². The van der Waals surface area contributed by atoms with E-state index in [1.807, 2.05) is 26.2 Å². The summed E-state index contributed by atoms with van der Waals surface area (Å²) in [5.74, 6) is 0.675. The van der Waals surface area contributed by atoms with Crippen molar-refractivity contribution in [3.05, 3.63) is 84.2 Å². The molecule has 0 saturated heterocycles. The van der Waals surface area contributed by atoms with Crippen LogP contribution in [0.1, 0.15) is 66.5 Å². The molecule has 0 unspecified atom stereocenters. The molecule has 2 aromatic heterocycles. The number of hydrogen-bond acceptors (Lipinski definition) is 4. The Bertz CT molecular complexity index is 1590. The van der Waals surface area contributed by atoms with E-state index in [2.05, 4.69) is 102 Å². The Kier molecular flexibility index (Phi) is 5.55. The lowest BCUT2D eigenvalue weighted by Gasteiger charge is -2.19. The minimum absolute atomic E-state index is 0.107. The van der Waals surface area contributed by atoms with Crippen molar-refractivity contribution >= 4 is 21.8 Å². The van der Waals surface area contributed by atoms with Crippen LogP contribution >= 0.6 is 0 Å². The minimum atomic E-state index is -0.779. The first-order valence-corrected chi connectivity index (χ1v) is 13.7. The molecule has 1 aliphatic rings. The second-order valence-corrected chi connectivity index (χ2v) is 13.2. The molecular formula is C35H36N2O2. The van der Waals surface area contributed by atoms with Gasteiger partial charge in [-0.1, -0.05) is 90.1 Å². The van der Waals surface area contributed by atoms with E-state index in [0.717, 1.165) is 55.6 Å². The fourth-order valence-electron chi connectivity index (χ4n) is 5.25. The van der Waals surface area contributed by atoms with Gasteiger partial charge in [-0.15, -0.1) is 0 Å². The lowest BCUT2D eigenvalue weighted by molar-refractivity contribution is -0.0420. The smallest absolute Gasteiger partial charge is 0.246 e. The van der Waals surface area contributed by atoms with Crippen molar-refractivity contribution in [2.75, 3.05) is 0 Å². The van der Waals surface area contributed by atoms with Crippen LogP contribution in [0.5, 0.6) is 11.5 Å². The van der Waals surface area contributed by atoms with E-state index in [4.69, 9.17) is 19.4 Å². The molecule has 39 heavy (non-hydrogen) atoms. The van der Waals surface area contributed by atoms with Crippen molar-refractivity contribution in [1.29, 1.82) is 0 Å². The summed E-state index contributed by atoms with van der Waals surface area (Å²) in [6, 6.07) is 21.8. The predicted molar refractivity (Wildman–Crippen MR) is 161 cm³/mol. The molecular weight excluding hydrogens is 480 g/mol. The van der Waals surface area contributed by atoms with Gasteiger partial charge in [-0.2, -0.15) is 0 Å². The molecule has 3 heterocycles. The Labute approximate surface area is 231 Å². The van der Waals surface area contributed by atoms with Crippen LogP contribution < -0.4 is 9.47 Å². The van der Waals surface area contributed by atoms with E-state index in [9.17, 15) is 0 Å². The summed E-state index contributed by atoms with van der Waals surface area (Å²) in [7, 11) is 0. The highest BCUT2D eigenvalue weighted by atomic mass is 16.7. The SMILES string of the molecule is CC1(C)Oc2c(c3cc(-c4ccc(C(C)(C)C)cc4)cnc3c3ncc(-c4ccc(C(C)(C)C)cc4)cc23)O1. The van der Waals surface area contributed by atoms with Crippen LogP contribution in [0.4, 0.5) is 0 Å². The van der Waals surface area contributed by atoms with E-state index < -0.39 is 5.79 Å². The van der Waals surface area contributed by atoms with Gasteiger partial charge < -0.3 is 9.47 Å². The van der Waals surface area contributed by atoms with Gasteiger partial charge in [0.1, 0.15) is 11.0 Å². The van der Waals surface area contributed by atoms with Gasteiger partial charge in [0.15, 0.2) is 11.5 Å². The minimum Gasteiger partial charge on any atom is -0.448 e. The van der Waals surface area contributed by atoms with E-state index in [-0.39, 0.29) is 10.8 Å². The number of ether oxygens (including phenoxy) is 2. The molecule has 0 amide bonds. The van der Waals surface area contributed by atoms with Gasteiger partial charge in [-0.05, 0) is 45.2 Å². The van der Waals surface area contributed by atoms with Gasteiger partial charge in [0, 0.05) is 48.1 Å². The van der Waals surface area contributed by atoms with Crippen molar-refractivity contribution in [3.63, 3.8) is 0 Å². The van der Waals surface area contributed by atoms with E-state index in [1.165, 1.54) is 11.1 Å². The van der Waals surface area contributed by atoms with Gasteiger partial charge >= 0.3 is 0 Å². The summed E-state index contributed by atoms with van der Waals surface area (Å²) in [5.41, 5.74) is 8.76.